The van der Waals surface area contributed by atoms with Crippen LogP contribution in [0.4, 0.5) is 0 Å². The monoisotopic (exact) mass is 205 g/mol. The minimum Gasteiger partial charge on any atom is -0.315 e. The molecule has 0 aliphatic carbocycles. The van der Waals surface area contributed by atoms with Gasteiger partial charge >= 0.3 is 0 Å². The number of hydrogen-bond acceptors (Lipinski definition) is 3. The quantitative estimate of drug-likeness (QED) is 0.738. The molecule has 2 atom stereocenters. The molecule has 1 aliphatic heterocycles. The summed E-state index contributed by atoms with van der Waals surface area (Å²) in [6.07, 6.45) is 0. The Labute approximate surface area is 84.4 Å². The summed E-state index contributed by atoms with van der Waals surface area (Å²) in [4.78, 5) is 0. The van der Waals surface area contributed by atoms with Gasteiger partial charge in [-0.3, -0.25) is 0 Å². The van der Waals surface area contributed by atoms with Crippen LogP contribution in [-0.2, 0) is 0 Å². The minimum absolute atomic E-state index is 0.883. The zero-order chi connectivity index (χ0) is 8.81. The molecule has 1 heterocycles. The fourth-order valence-corrected chi connectivity index (χ4v) is 3.69. The Bertz CT molecular complexity index is 119. The molecule has 1 rings (SSSR count). The first-order valence-corrected chi connectivity index (χ1v) is 6.98. The Morgan fingerprint density at radius 2 is 2.08 bits per heavy atom. The highest BCUT2D eigenvalue weighted by molar-refractivity contribution is 8.00. The largest absolute Gasteiger partial charge is 0.315 e. The lowest BCUT2D eigenvalue weighted by Gasteiger charge is -2.16. The normalized spacial score (nSPS) is 29.5. The van der Waals surface area contributed by atoms with Gasteiger partial charge in [-0.2, -0.15) is 23.5 Å². The van der Waals surface area contributed by atoms with Crippen molar-refractivity contribution in [2.24, 2.45) is 5.92 Å². The molecule has 72 valence electrons. The third-order valence-corrected chi connectivity index (χ3v) is 4.58. The third kappa shape index (κ3) is 3.19. The molecule has 3 heteroatoms. The van der Waals surface area contributed by atoms with Gasteiger partial charge in [0.2, 0.25) is 0 Å². The van der Waals surface area contributed by atoms with Crippen LogP contribution in [0.25, 0.3) is 0 Å². The summed E-state index contributed by atoms with van der Waals surface area (Å²) in [5.74, 6) is 4.79. The molecule has 1 fully saturated rings. The number of nitrogens with one attached hydrogen (secondary N) is 1. The molecule has 0 spiro atoms. The molecule has 1 saturated heterocycles. The Morgan fingerprint density at radius 3 is 2.75 bits per heavy atom. The Balaban J connectivity index is 2.20. The van der Waals surface area contributed by atoms with E-state index in [4.69, 9.17) is 0 Å². The minimum atomic E-state index is 0.883. The standard InChI is InChI=1S/C9H19NS2/c1-3-11-7-8-5-10-6-9(8)12-4-2/h8-10H,3-7H2,1-2H3. The van der Waals surface area contributed by atoms with Gasteiger partial charge in [0.15, 0.2) is 0 Å². The first kappa shape index (κ1) is 10.7. The van der Waals surface area contributed by atoms with Gasteiger partial charge in [0, 0.05) is 11.8 Å². The lowest BCUT2D eigenvalue weighted by Crippen LogP contribution is -2.17. The van der Waals surface area contributed by atoms with E-state index in [-0.39, 0.29) is 0 Å². The van der Waals surface area contributed by atoms with Crippen LogP contribution in [0.5, 0.6) is 0 Å². The molecule has 1 nitrogen and oxygen atoms in total. The zero-order valence-corrected chi connectivity index (χ0v) is 9.64. The van der Waals surface area contributed by atoms with Crippen LogP contribution in [0.15, 0.2) is 0 Å². The zero-order valence-electron chi connectivity index (χ0n) is 8.01. The van der Waals surface area contributed by atoms with Crippen LogP contribution in [0, 0.1) is 5.92 Å². The highest BCUT2D eigenvalue weighted by atomic mass is 32.2. The van der Waals surface area contributed by atoms with E-state index >= 15 is 0 Å². The van der Waals surface area contributed by atoms with Gasteiger partial charge < -0.3 is 5.32 Å². The fraction of sp³-hybridized carbons (Fsp3) is 1.00. The first-order valence-electron chi connectivity index (χ1n) is 4.78. The fourth-order valence-electron chi connectivity index (χ4n) is 1.55. The highest BCUT2D eigenvalue weighted by Gasteiger charge is 2.26. The van der Waals surface area contributed by atoms with Gasteiger partial charge in [-0.25, -0.2) is 0 Å². The van der Waals surface area contributed by atoms with Crippen molar-refractivity contribution in [3.8, 4) is 0 Å². The Morgan fingerprint density at radius 1 is 1.25 bits per heavy atom. The van der Waals surface area contributed by atoms with E-state index in [0.29, 0.717) is 0 Å². The van der Waals surface area contributed by atoms with Crippen LogP contribution in [0.2, 0.25) is 0 Å². The lowest BCUT2D eigenvalue weighted by atomic mass is 10.1. The van der Waals surface area contributed by atoms with Crippen molar-refractivity contribution in [2.75, 3.05) is 30.3 Å². The molecule has 0 radical (unpaired) electrons. The van der Waals surface area contributed by atoms with Gasteiger partial charge in [-0.05, 0) is 29.7 Å². The van der Waals surface area contributed by atoms with Gasteiger partial charge in [0.25, 0.3) is 0 Å². The molecular formula is C9H19NS2. The molecule has 2 unspecified atom stereocenters. The summed E-state index contributed by atoms with van der Waals surface area (Å²) < 4.78 is 0. The van der Waals surface area contributed by atoms with Crippen molar-refractivity contribution in [2.45, 2.75) is 19.1 Å². The van der Waals surface area contributed by atoms with Gasteiger partial charge in [-0.15, -0.1) is 0 Å². The van der Waals surface area contributed by atoms with Gasteiger partial charge in [0.1, 0.15) is 0 Å². The second-order valence-corrected chi connectivity index (χ2v) is 5.91. The van der Waals surface area contributed by atoms with E-state index in [9.17, 15) is 0 Å². The van der Waals surface area contributed by atoms with Crippen molar-refractivity contribution < 1.29 is 0 Å². The molecule has 0 saturated carbocycles. The summed E-state index contributed by atoms with van der Waals surface area (Å²) >= 11 is 4.20. The van der Waals surface area contributed by atoms with E-state index in [2.05, 4.69) is 42.7 Å². The van der Waals surface area contributed by atoms with Crippen LogP contribution < -0.4 is 5.32 Å². The van der Waals surface area contributed by atoms with E-state index < -0.39 is 0 Å². The first-order chi connectivity index (χ1) is 5.88. The molecule has 0 bridgehead atoms. The number of rotatable bonds is 5. The maximum atomic E-state index is 3.48. The lowest BCUT2D eigenvalue weighted by molar-refractivity contribution is 0.674. The molecule has 0 aromatic rings. The van der Waals surface area contributed by atoms with Crippen LogP contribution in [0.3, 0.4) is 0 Å². The average Bonchev–Trinajstić information content (AvgIpc) is 2.50. The maximum Gasteiger partial charge on any atom is 0.0220 e. The maximum absolute atomic E-state index is 3.48. The van der Waals surface area contributed by atoms with Crippen LogP contribution in [0.1, 0.15) is 13.8 Å². The highest BCUT2D eigenvalue weighted by Crippen LogP contribution is 2.25. The molecule has 12 heavy (non-hydrogen) atoms. The number of thioether (sulfide) groups is 2. The second-order valence-electron chi connectivity index (χ2n) is 3.07. The average molecular weight is 205 g/mol. The van der Waals surface area contributed by atoms with Crippen molar-refractivity contribution in [1.29, 1.82) is 0 Å². The Hall–Kier alpha value is 0.660. The van der Waals surface area contributed by atoms with Crippen molar-refractivity contribution >= 4 is 23.5 Å². The summed E-state index contributed by atoms with van der Waals surface area (Å²) in [7, 11) is 0. The van der Waals surface area contributed by atoms with Crippen LogP contribution >= 0.6 is 23.5 Å². The second kappa shape index (κ2) is 6.17. The van der Waals surface area contributed by atoms with Crippen molar-refractivity contribution in [3.05, 3.63) is 0 Å². The molecule has 1 aliphatic rings. The third-order valence-electron chi connectivity index (χ3n) is 2.19. The topological polar surface area (TPSA) is 12.0 Å². The predicted molar refractivity (Wildman–Crippen MR) is 61.3 cm³/mol. The molecule has 1 N–H and O–H groups in total. The van der Waals surface area contributed by atoms with E-state index in [1.807, 2.05) is 0 Å². The van der Waals surface area contributed by atoms with E-state index in [1.165, 1.54) is 30.3 Å². The van der Waals surface area contributed by atoms with E-state index in [0.717, 1.165) is 11.2 Å². The van der Waals surface area contributed by atoms with Crippen LogP contribution in [-0.4, -0.2) is 35.6 Å². The van der Waals surface area contributed by atoms with Gasteiger partial charge in [-0.1, -0.05) is 13.8 Å². The summed E-state index contributed by atoms with van der Waals surface area (Å²) in [5.41, 5.74) is 0. The summed E-state index contributed by atoms with van der Waals surface area (Å²) in [6, 6.07) is 0. The summed E-state index contributed by atoms with van der Waals surface area (Å²) in [5, 5.41) is 4.37. The number of hydrogen-bond donors (Lipinski definition) is 1. The van der Waals surface area contributed by atoms with Crippen molar-refractivity contribution in [3.63, 3.8) is 0 Å². The SMILES string of the molecule is CCSCC1CNCC1SCC. The summed E-state index contributed by atoms with van der Waals surface area (Å²) in [6.45, 7) is 6.97. The van der Waals surface area contributed by atoms with Crippen molar-refractivity contribution in [1.82, 2.24) is 5.32 Å². The predicted octanol–water partition coefficient (Wildman–Crippen LogP) is 2.08. The molecule has 0 aromatic heterocycles. The van der Waals surface area contributed by atoms with E-state index in [1.54, 1.807) is 0 Å². The molecule has 0 aromatic carbocycles. The smallest absolute Gasteiger partial charge is 0.0220 e. The van der Waals surface area contributed by atoms with Gasteiger partial charge in [0.05, 0.1) is 0 Å². The Kier molecular flexibility index (Phi) is 5.52. The molecule has 0 amide bonds. The molecular weight excluding hydrogens is 186 g/mol.